The third-order valence-corrected chi connectivity index (χ3v) is 3.94. The topological polar surface area (TPSA) is 35.6 Å². The molecule has 98 valence electrons. The number of likely N-dealkylation sites (tertiary alicyclic amines) is 1. The summed E-state index contributed by atoms with van der Waals surface area (Å²) in [6.07, 6.45) is 3.96. The molecule has 0 aromatic rings. The molecule has 1 unspecified atom stereocenters. The number of rotatable bonds is 6. The minimum atomic E-state index is 0.236. The van der Waals surface area contributed by atoms with Gasteiger partial charge in [-0.25, -0.2) is 0 Å². The zero-order valence-corrected chi connectivity index (χ0v) is 11.1. The van der Waals surface area contributed by atoms with Crippen molar-refractivity contribution in [2.24, 2.45) is 0 Å². The minimum Gasteiger partial charge on any atom is -0.342 e. The van der Waals surface area contributed by atoms with E-state index in [-0.39, 0.29) is 5.91 Å². The Kier molecular flexibility index (Phi) is 4.40. The lowest BCUT2D eigenvalue weighted by Gasteiger charge is -2.20. The fraction of sp³-hybridized carbons (Fsp3) is 0.923. The van der Waals surface area contributed by atoms with E-state index in [0.29, 0.717) is 12.6 Å². The summed E-state index contributed by atoms with van der Waals surface area (Å²) in [6, 6.07) is 1.38. The highest BCUT2D eigenvalue weighted by molar-refractivity contribution is 5.78. The van der Waals surface area contributed by atoms with Crippen LogP contribution in [0.2, 0.25) is 0 Å². The second kappa shape index (κ2) is 5.83. The van der Waals surface area contributed by atoms with Gasteiger partial charge in [-0.2, -0.15) is 0 Å². The van der Waals surface area contributed by atoms with Gasteiger partial charge < -0.3 is 10.2 Å². The van der Waals surface area contributed by atoms with Gasteiger partial charge in [-0.15, -0.1) is 0 Å². The van der Waals surface area contributed by atoms with Gasteiger partial charge in [-0.3, -0.25) is 9.69 Å². The van der Waals surface area contributed by atoms with Crippen LogP contribution in [0.5, 0.6) is 0 Å². The number of carbonyl (C=O) groups is 1. The van der Waals surface area contributed by atoms with Crippen LogP contribution in [0, 0.1) is 0 Å². The minimum absolute atomic E-state index is 0.236. The molecule has 1 saturated carbocycles. The highest BCUT2D eigenvalue weighted by atomic mass is 16.2. The quantitative estimate of drug-likeness (QED) is 0.740. The van der Waals surface area contributed by atoms with Crippen molar-refractivity contribution in [1.29, 1.82) is 0 Å². The third-order valence-electron chi connectivity index (χ3n) is 3.94. The highest BCUT2D eigenvalue weighted by Crippen LogP contribution is 2.29. The largest absolute Gasteiger partial charge is 0.342 e. The average Bonchev–Trinajstić information content (AvgIpc) is 3.08. The highest BCUT2D eigenvalue weighted by Gasteiger charge is 2.34. The van der Waals surface area contributed by atoms with Crippen molar-refractivity contribution in [1.82, 2.24) is 15.1 Å². The Labute approximate surface area is 104 Å². The van der Waals surface area contributed by atoms with Crippen LogP contribution in [-0.4, -0.2) is 60.5 Å². The second-order valence-electron chi connectivity index (χ2n) is 5.16. The van der Waals surface area contributed by atoms with Crippen LogP contribution in [0.25, 0.3) is 0 Å². The molecular formula is C13H25N3O. The summed E-state index contributed by atoms with van der Waals surface area (Å²) in [5.74, 6) is 0.236. The molecule has 2 aliphatic rings. The SMILES string of the molecule is CCN(CC)C(=O)CNC1CCN(C2CC2)C1. The van der Waals surface area contributed by atoms with Crippen molar-refractivity contribution >= 4 is 5.91 Å². The van der Waals surface area contributed by atoms with Crippen molar-refractivity contribution < 1.29 is 4.79 Å². The zero-order chi connectivity index (χ0) is 12.3. The van der Waals surface area contributed by atoms with E-state index in [4.69, 9.17) is 0 Å². The number of carbonyl (C=O) groups excluding carboxylic acids is 1. The molecule has 1 aliphatic heterocycles. The Balaban J connectivity index is 1.66. The van der Waals surface area contributed by atoms with Gasteiger partial charge in [0.15, 0.2) is 0 Å². The normalized spacial score (nSPS) is 25.2. The summed E-state index contributed by atoms with van der Waals surface area (Å²) in [4.78, 5) is 16.3. The number of hydrogen-bond acceptors (Lipinski definition) is 3. The third kappa shape index (κ3) is 3.42. The lowest BCUT2D eigenvalue weighted by molar-refractivity contribution is -0.129. The van der Waals surface area contributed by atoms with E-state index in [1.165, 1.54) is 25.8 Å². The van der Waals surface area contributed by atoms with Crippen LogP contribution in [-0.2, 0) is 4.79 Å². The summed E-state index contributed by atoms with van der Waals surface area (Å²) < 4.78 is 0. The molecule has 0 aromatic carbocycles. The van der Waals surface area contributed by atoms with E-state index in [9.17, 15) is 4.79 Å². The summed E-state index contributed by atoms with van der Waals surface area (Å²) in [6.45, 7) is 8.55. The number of hydrogen-bond donors (Lipinski definition) is 1. The predicted octanol–water partition coefficient (Wildman–Crippen LogP) is 0.681. The van der Waals surface area contributed by atoms with Crippen LogP contribution in [0.3, 0.4) is 0 Å². The number of amides is 1. The Hall–Kier alpha value is -0.610. The maximum atomic E-state index is 11.8. The fourth-order valence-electron chi connectivity index (χ4n) is 2.65. The number of likely N-dealkylation sites (N-methyl/N-ethyl adjacent to an activating group) is 1. The predicted molar refractivity (Wildman–Crippen MR) is 68.9 cm³/mol. The lowest BCUT2D eigenvalue weighted by Crippen LogP contribution is -2.42. The molecule has 2 rings (SSSR count). The average molecular weight is 239 g/mol. The molecule has 1 heterocycles. The molecule has 4 heteroatoms. The van der Waals surface area contributed by atoms with E-state index in [0.717, 1.165) is 25.7 Å². The van der Waals surface area contributed by atoms with Gasteiger partial charge in [0, 0.05) is 38.3 Å². The maximum absolute atomic E-state index is 11.8. The summed E-state index contributed by atoms with van der Waals surface area (Å²) >= 11 is 0. The molecule has 1 aliphatic carbocycles. The van der Waals surface area contributed by atoms with Gasteiger partial charge in [0.2, 0.25) is 5.91 Å². The van der Waals surface area contributed by atoms with E-state index in [2.05, 4.69) is 10.2 Å². The second-order valence-corrected chi connectivity index (χ2v) is 5.16. The first-order valence-electron chi connectivity index (χ1n) is 6.99. The lowest BCUT2D eigenvalue weighted by atomic mass is 10.2. The van der Waals surface area contributed by atoms with Crippen LogP contribution >= 0.6 is 0 Å². The molecule has 4 nitrogen and oxygen atoms in total. The molecule has 1 amide bonds. The summed E-state index contributed by atoms with van der Waals surface area (Å²) in [7, 11) is 0. The molecule has 0 radical (unpaired) electrons. The molecule has 1 N–H and O–H groups in total. The van der Waals surface area contributed by atoms with E-state index >= 15 is 0 Å². The fourth-order valence-corrected chi connectivity index (χ4v) is 2.65. The van der Waals surface area contributed by atoms with Crippen LogP contribution in [0.4, 0.5) is 0 Å². The van der Waals surface area contributed by atoms with Gasteiger partial charge in [-0.1, -0.05) is 0 Å². The Morgan fingerprint density at radius 1 is 1.29 bits per heavy atom. The number of nitrogens with zero attached hydrogens (tertiary/aromatic N) is 2. The van der Waals surface area contributed by atoms with Gasteiger partial charge in [0.05, 0.1) is 6.54 Å². The standard InChI is InChI=1S/C13H25N3O/c1-3-15(4-2)13(17)9-14-11-7-8-16(10-11)12-5-6-12/h11-12,14H,3-10H2,1-2H3. The first-order chi connectivity index (χ1) is 8.24. The van der Waals surface area contributed by atoms with E-state index in [1.807, 2.05) is 18.7 Å². The Morgan fingerprint density at radius 3 is 2.59 bits per heavy atom. The van der Waals surface area contributed by atoms with E-state index < -0.39 is 0 Å². The Morgan fingerprint density at radius 2 is 2.00 bits per heavy atom. The molecule has 1 saturated heterocycles. The van der Waals surface area contributed by atoms with Crippen molar-refractivity contribution in [2.75, 3.05) is 32.7 Å². The Bertz CT molecular complexity index is 261. The van der Waals surface area contributed by atoms with Gasteiger partial charge >= 0.3 is 0 Å². The monoisotopic (exact) mass is 239 g/mol. The van der Waals surface area contributed by atoms with Crippen LogP contribution in [0.15, 0.2) is 0 Å². The molecule has 0 bridgehead atoms. The molecule has 2 fully saturated rings. The van der Waals surface area contributed by atoms with Crippen LogP contribution in [0.1, 0.15) is 33.1 Å². The van der Waals surface area contributed by atoms with Crippen molar-refractivity contribution in [3.05, 3.63) is 0 Å². The van der Waals surface area contributed by atoms with Crippen molar-refractivity contribution in [3.8, 4) is 0 Å². The molecule has 0 spiro atoms. The van der Waals surface area contributed by atoms with Gasteiger partial charge in [-0.05, 0) is 33.1 Å². The molecule has 0 aromatic heterocycles. The van der Waals surface area contributed by atoms with Crippen LogP contribution < -0.4 is 5.32 Å². The summed E-state index contributed by atoms with van der Waals surface area (Å²) in [5, 5.41) is 3.41. The first kappa shape index (κ1) is 12.8. The first-order valence-corrected chi connectivity index (χ1v) is 6.99. The molecule has 17 heavy (non-hydrogen) atoms. The van der Waals surface area contributed by atoms with Crippen molar-refractivity contribution in [2.45, 2.75) is 45.2 Å². The van der Waals surface area contributed by atoms with E-state index in [1.54, 1.807) is 0 Å². The van der Waals surface area contributed by atoms with Gasteiger partial charge in [0.25, 0.3) is 0 Å². The summed E-state index contributed by atoms with van der Waals surface area (Å²) in [5.41, 5.74) is 0. The smallest absolute Gasteiger partial charge is 0.236 e. The number of nitrogens with one attached hydrogen (secondary N) is 1. The van der Waals surface area contributed by atoms with Crippen molar-refractivity contribution in [3.63, 3.8) is 0 Å². The maximum Gasteiger partial charge on any atom is 0.236 e. The van der Waals surface area contributed by atoms with Gasteiger partial charge in [0.1, 0.15) is 0 Å². The molecular weight excluding hydrogens is 214 g/mol. The molecule has 1 atom stereocenters. The zero-order valence-electron chi connectivity index (χ0n) is 11.1.